The number of hydrogen-bond donors (Lipinski definition) is 1. The van der Waals surface area contributed by atoms with Gasteiger partial charge < -0.3 is 0 Å². The second-order valence-electron chi connectivity index (χ2n) is 3.11. The van der Waals surface area contributed by atoms with E-state index in [-0.39, 0.29) is 4.90 Å². The molecule has 1 aromatic carbocycles. The molecule has 0 spiro atoms. The minimum absolute atomic E-state index is 0.108. The zero-order valence-corrected chi connectivity index (χ0v) is 9.60. The van der Waals surface area contributed by atoms with Crippen LogP contribution < -0.4 is 0 Å². The van der Waals surface area contributed by atoms with Crippen LogP contribution in [0.1, 0.15) is 11.8 Å². The quantitative estimate of drug-likeness (QED) is 0.820. The van der Waals surface area contributed by atoms with Gasteiger partial charge in [-0.3, -0.25) is 4.55 Å². The van der Waals surface area contributed by atoms with Gasteiger partial charge >= 0.3 is 0 Å². The molecule has 6 heteroatoms. The first-order valence-electron chi connectivity index (χ1n) is 4.38. The van der Waals surface area contributed by atoms with Crippen molar-refractivity contribution in [2.24, 2.45) is 0 Å². The summed E-state index contributed by atoms with van der Waals surface area (Å²) in [4.78, 5) is 1.01. The van der Waals surface area contributed by atoms with Crippen LogP contribution in [0.5, 0.6) is 0 Å². The first kappa shape index (κ1) is 10.5. The maximum atomic E-state index is 10.9. The SMILES string of the molecule is CCc1snc2cc(S(=O)(=O)O)ccc12. The van der Waals surface area contributed by atoms with Crippen LogP contribution in [-0.2, 0) is 16.5 Å². The molecule has 0 atom stereocenters. The molecule has 2 rings (SSSR count). The van der Waals surface area contributed by atoms with Gasteiger partial charge in [0.1, 0.15) is 0 Å². The number of rotatable bonds is 2. The Kier molecular flexibility index (Phi) is 2.49. The van der Waals surface area contributed by atoms with E-state index in [1.54, 1.807) is 6.07 Å². The molecular weight excluding hydrogens is 234 g/mol. The largest absolute Gasteiger partial charge is 0.294 e. The highest BCUT2D eigenvalue weighted by Crippen LogP contribution is 2.25. The molecule has 0 aliphatic heterocycles. The van der Waals surface area contributed by atoms with Crippen molar-refractivity contribution in [2.75, 3.05) is 0 Å². The van der Waals surface area contributed by atoms with Crippen molar-refractivity contribution in [3.05, 3.63) is 23.1 Å². The normalized spacial score (nSPS) is 12.1. The van der Waals surface area contributed by atoms with Crippen molar-refractivity contribution in [3.63, 3.8) is 0 Å². The molecule has 0 radical (unpaired) electrons. The van der Waals surface area contributed by atoms with Crippen LogP contribution in [0.3, 0.4) is 0 Å². The fourth-order valence-electron chi connectivity index (χ4n) is 1.39. The molecule has 15 heavy (non-hydrogen) atoms. The van der Waals surface area contributed by atoms with Crippen molar-refractivity contribution in [1.29, 1.82) is 0 Å². The van der Waals surface area contributed by atoms with Crippen LogP contribution in [0.2, 0.25) is 0 Å². The van der Waals surface area contributed by atoms with Gasteiger partial charge in [0.25, 0.3) is 10.1 Å². The third kappa shape index (κ3) is 1.88. The van der Waals surface area contributed by atoms with E-state index >= 15 is 0 Å². The Hall–Kier alpha value is -0.980. The highest BCUT2D eigenvalue weighted by atomic mass is 32.2. The molecule has 0 amide bonds. The van der Waals surface area contributed by atoms with E-state index in [9.17, 15) is 8.42 Å². The van der Waals surface area contributed by atoms with Crippen molar-refractivity contribution in [1.82, 2.24) is 4.37 Å². The Morgan fingerprint density at radius 2 is 2.20 bits per heavy atom. The molecule has 0 aliphatic carbocycles. The molecule has 80 valence electrons. The number of nitrogens with zero attached hydrogens (tertiary/aromatic N) is 1. The maximum absolute atomic E-state index is 10.9. The Bertz CT molecular complexity index is 601. The topological polar surface area (TPSA) is 67.3 Å². The number of aromatic nitrogens is 1. The number of fused-ring (bicyclic) bond motifs is 1. The van der Waals surface area contributed by atoms with Crippen molar-refractivity contribution >= 4 is 32.6 Å². The van der Waals surface area contributed by atoms with Gasteiger partial charge in [-0.2, -0.15) is 12.8 Å². The van der Waals surface area contributed by atoms with Crippen molar-refractivity contribution < 1.29 is 13.0 Å². The highest BCUT2D eigenvalue weighted by molar-refractivity contribution is 7.85. The fourth-order valence-corrected chi connectivity index (χ4v) is 2.65. The van der Waals surface area contributed by atoms with Gasteiger partial charge in [0, 0.05) is 10.3 Å². The van der Waals surface area contributed by atoms with Crippen LogP contribution >= 0.6 is 11.5 Å². The second kappa shape index (κ2) is 3.55. The lowest BCUT2D eigenvalue weighted by atomic mass is 10.2. The Morgan fingerprint density at radius 3 is 2.80 bits per heavy atom. The minimum Gasteiger partial charge on any atom is -0.282 e. The third-order valence-corrected chi connectivity index (χ3v) is 4.01. The van der Waals surface area contributed by atoms with E-state index < -0.39 is 10.1 Å². The summed E-state index contributed by atoms with van der Waals surface area (Å²) in [5, 5.41) is 0.954. The van der Waals surface area contributed by atoms with Gasteiger partial charge in [-0.15, -0.1) is 0 Å². The lowest BCUT2D eigenvalue weighted by Crippen LogP contribution is -1.97. The first-order chi connectivity index (χ1) is 7.02. The zero-order valence-electron chi connectivity index (χ0n) is 7.97. The Balaban J connectivity index is 2.69. The standard InChI is InChI=1S/C9H9NO3S2/c1-2-9-7-4-3-6(15(11,12)13)5-8(7)10-14-9/h3-5H,2H2,1H3,(H,11,12,13). The van der Waals surface area contributed by atoms with Gasteiger partial charge in [0.05, 0.1) is 10.4 Å². The molecule has 0 aliphatic rings. The first-order valence-corrected chi connectivity index (χ1v) is 6.59. The summed E-state index contributed by atoms with van der Waals surface area (Å²) in [7, 11) is -4.13. The van der Waals surface area contributed by atoms with Crippen molar-refractivity contribution in [3.8, 4) is 0 Å². The molecule has 1 heterocycles. The van der Waals surface area contributed by atoms with Crippen LogP contribution in [0.25, 0.3) is 10.9 Å². The summed E-state index contributed by atoms with van der Waals surface area (Å²) < 4.78 is 34.8. The van der Waals surface area contributed by atoms with Gasteiger partial charge in [0.2, 0.25) is 0 Å². The zero-order chi connectivity index (χ0) is 11.1. The molecule has 0 fully saturated rings. The summed E-state index contributed by atoms with van der Waals surface area (Å²) >= 11 is 1.36. The summed E-state index contributed by atoms with van der Waals surface area (Å²) in [5.41, 5.74) is 0.618. The average molecular weight is 243 g/mol. The van der Waals surface area contributed by atoms with E-state index in [0.717, 1.165) is 16.7 Å². The Morgan fingerprint density at radius 1 is 1.47 bits per heavy atom. The van der Waals surface area contributed by atoms with Crippen LogP contribution in [0.15, 0.2) is 23.1 Å². The van der Waals surface area contributed by atoms with Crippen LogP contribution in [-0.4, -0.2) is 17.3 Å². The highest BCUT2D eigenvalue weighted by Gasteiger charge is 2.12. The third-order valence-electron chi connectivity index (χ3n) is 2.14. The predicted octanol–water partition coefficient (Wildman–Crippen LogP) is 2.11. The molecule has 0 saturated carbocycles. The molecular formula is C9H9NO3S2. The van der Waals surface area contributed by atoms with Gasteiger partial charge in [-0.25, -0.2) is 0 Å². The van der Waals surface area contributed by atoms with E-state index in [0.29, 0.717) is 5.52 Å². The lowest BCUT2D eigenvalue weighted by molar-refractivity contribution is 0.483. The molecule has 1 N–H and O–H groups in total. The van der Waals surface area contributed by atoms with Gasteiger partial charge in [-0.05, 0) is 30.1 Å². The Labute approximate surface area is 91.5 Å². The van der Waals surface area contributed by atoms with Gasteiger partial charge in [-0.1, -0.05) is 13.0 Å². The summed E-state index contributed by atoms with van der Waals surface area (Å²) in [6, 6.07) is 4.46. The summed E-state index contributed by atoms with van der Waals surface area (Å²) in [6.07, 6.45) is 0.867. The number of benzene rings is 1. The minimum atomic E-state index is -4.13. The fraction of sp³-hybridized carbons (Fsp3) is 0.222. The molecule has 0 bridgehead atoms. The second-order valence-corrected chi connectivity index (χ2v) is 5.39. The van der Waals surface area contributed by atoms with E-state index in [4.69, 9.17) is 4.55 Å². The number of aryl methyl sites for hydroxylation is 1. The van der Waals surface area contributed by atoms with E-state index in [1.807, 2.05) is 6.92 Å². The molecule has 0 unspecified atom stereocenters. The van der Waals surface area contributed by atoms with Crippen LogP contribution in [0.4, 0.5) is 0 Å². The maximum Gasteiger partial charge on any atom is 0.294 e. The average Bonchev–Trinajstić information content (AvgIpc) is 2.58. The predicted molar refractivity (Wildman–Crippen MR) is 58.8 cm³/mol. The number of hydrogen-bond acceptors (Lipinski definition) is 4. The monoisotopic (exact) mass is 243 g/mol. The smallest absolute Gasteiger partial charge is 0.282 e. The van der Waals surface area contributed by atoms with Crippen LogP contribution in [0, 0.1) is 0 Å². The summed E-state index contributed by atoms with van der Waals surface area (Å²) in [6.45, 7) is 2.02. The summed E-state index contributed by atoms with van der Waals surface area (Å²) in [5.74, 6) is 0. The molecule has 0 saturated heterocycles. The van der Waals surface area contributed by atoms with E-state index in [2.05, 4.69) is 4.37 Å². The lowest BCUT2D eigenvalue weighted by Gasteiger charge is -1.96. The van der Waals surface area contributed by atoms with E-state index in [1.165, 1.54) is 23.7 Å². The van der Waals surface area contributed by atoms with Crippen molar-refractivity contribution in [2.45, 2.75) is 18.2 Å². The van der Waals surface area contributed by atoms with Gasteiger partial charge in [0.15, 0.2) is 0 Å². The molecule has 4 nitrogen and oxygen atoms in total. The molecule has 2 aromatic rings. The molecule has 1 aromatic heterocycles.